The molecule has 4 atom stereocenters. The van der Waals surface area contributed by atoms with Crippen molar-refractivity contribution < 1.29 is 9.90 Å². The Morgan fingerprint density at radius 2 is 1.96 bits per heavy atom. The summed E-state index contributed by atoms with van der Waals surface area (Å²) in [5.74, 6) is 0.496. The highest BCUT2D eigenvalue weighted by Crippen LogP contribution is 2.62. The quantitative estimate of drug-likeness (QED) is 0.375. The first-order valence-electron chi connectivity index (χ1n) is 10.8. The molecule has 0 aromatic carbocycles. The maximum Gasteiger partial charge on any atom is 0.328 e. The van der Waals surface area contributed by atoms with E-state index in [1.807, 2.05) is 6.92 Å². The highest BCUT2D eigenvalue weighted by molar-refractivity contribution is 5.80. The van der Waals surface area contributed by atoms with Crippen molar-refractivity contribution in [2.75, 3.05) is 0 Å². The van der Waals surface area contributed by atoms with Crippen LogP contribution in [0.2, 0.25) is 0 Å². The standard InChI is InChI=1S/C25H40O2/c1-18(2)9-7-14-24(5)15-8-16-25(6)21(20(4)11-13-22(24)25)12-10-19(3)17-23(26)27/h9,11,17,21-22H,7-8,10,12-16H2,1-6H3,(H,26,27)/b19-17+. The Kier molecular flexibility index (Phi) is 7.16. The zero-order chi connectivity index (χ0) is 20.2. The first kappa shape index (κ1) is 22.0. The van der Waals surface area contributed by atoms with E-state index in [0.29, 0.717) is 16.7 Å². The van der Waals surface area contributed by atoms with E-state index in [1.165, 1.54) is 55.7 Å². The van der Waals surface area contributed by atoms with Gasteiger partial charge >= 0.3 is 5.97 Å². The molecule has 0 aromatic rings. The highest BCUT2D eigenvalue weighted by atomic mass is 16.4. The number of carboxylic acids is 1. The molecule has 1 N–H and O–H groups in total. The lowest BCUT2D eigenvalue weighted by Gasteiger charge is -2.58. The molecule has 2 rings (SSSR count). The van der Waals surface area contributed by atoms with Crippen molar-refractivity contribution in [3.05, 3.63) is 34.9 Å². The molecule has 27 heavy (non-hydrogen) atoms. The highest BCUT2D eigenvalue weighted by Gasteiger charge is 2.52. The Bertz CT molecular complexity index is 635. The van der Waals surface area contributed by atoms with E-state index in [4.69, 9.17) is 5.11 Å². The third-order valence-electron chi connectivity index (χ3n) is 7.59. The third kappa shape index (κ3) is 5.15. The molecule has 0 heterocycles. The van der Waals surface area contributed by atoms with Crippen molar-refractivity contribution in [1.82, 2.24) is 0 Å². The normalized spacial score (nSPS) is 33.9. The van der Waals surface area contributed by atoms with Gasteiger partial charge in [-0.2, -0.15) is 0 Å². The number of carbonyl (C=O) groups is 1. The van der Waals surface area contributed by atoms with Crippen LogP contribution in [0.25, 0.3) is 0 Å². The van der Waals surface area contributed by atoms with Crippen LogP contribution in [0.1, 0.15) is 92.9 Å². The summed E-state index contributed by atoms with van der Waals surface area (Å²) in [6.07, 6.45) is 15.9. The Hall–Kier alpha value is -1.31. The Morgan fingerprint density at radius 3 is 2.59 bits per heavy atom. The largest absolute Gasteiger partial charge is 0.478 e. The van der Waals surface area contributed by atoms with Crippen LogP contribution in [-0.4, -0.2) is 11.1 Å². The van der Waals surface area contributed by atoms with Crippen LogP contribution in [-0.2, 0) is 4.79 Å². The first-order chi connectivity index (χ1) is 12.6. The van der Waals surface area contributed by atoms with Gasteiger partial charge in [0.25, 0.3) is 0 Å². The predicted molar refractivity (Wildman–Crippen MR) is 115 cm³/mol. The molecule has 2 heteroatoms. The van der Waals surface area contributed by atoms with E-state index in [-0.39, 0.29) is 0 Å². The van der Waals surface area contributed by atoms with Gasteiger partial charge < -0.3 is 5.11 Å². The molecule has 1 saturated carbocycles. The van der Waals surface area contributed by atoms with Gasteiger partial charge in [-0.05, 0) is 95.3 Å². The molecular formula is C25H40O2. The van der Waals surface area contributed by atoms with Gasteiger partial charge in [0.05, 0.1) is 0 Å². The number of carboxylic acid groups (broad SMARTS) is 1. The van der Waals surface area contributed by atoms with E-state index >= 15 is 0 Å². The van der Waals surface area contributed by atoms with Gasteiger partial charge in [0, 0.05) is 6.08 Å². The average Bonchev–Trinajstić information content (AvgIpc) is 2.52. The molecule has 0 amide bonds. The third-order valence-corrected chi connectivity index (χ3v) is 7.59. The van der Waals surface area contributed by atoms with Crippen molar-refractivity contribution >= 4 is 5.97 Å². The lowest BCUT2D eigenvalue weighted by molar-refractivity contribution is -0.131. The molecule has 0 aliphatic heterocycles. The molecule has 0 aromatic heterocycles. The molecule has 0 radical (unpaired) electrons. The zero-order valence-electron chi connectivity index (χ0n) is 18.4. The van der Waals surface area contributed by atoms with E-state index < -0.39 is 5.97 Å². The van der Waals surface area contributed by atoms with E-state index in [0.717, 1.165) is 24.3 Å². The summed E-state index contributed by atoms with van der Waals surface area (Å²) < 4.78 is 0. The summed E-state index contributed by atoms with van der Waals surface area (Å²) in [5, 5.41) is 9.01. The van der Waals surface area contributed by atoms with Gasteiger partial charge in [0.2, 0.25) is 0 Å². The summed E-state index contributed by atoms with van der Waals surface area (Å²) in [4.78, 5) is 11.0. The first-order valence-corrected chi connectivity index (χ1v) is 10.8. The van der Waals surface area contributed by atoms with Crippen molar-refractivity contribution in [3.8, 4) is 0 Å². The average molecular weight is 373 g/mol. The van der Waals surface area contributed by atoms with Gasteiger partial charge in [-0.1, -0.05) is 49.1 Å². The number of hydrogen-bond acceptors (Lipinski definition) is 1. The fourth-order valence-electron chi connectivity index (χ4n) is 6.16. The molecule has 2 aliphatic carbocycles. The molecule has 1 fully saturated rings. The SMILES string of the molecule is CC(C)=CCCC1(C)CCCC2(C)C(CC/C(C)=C/C(=O)O)C(C)=CCC12. The minimum Gasteiger partial charge on any atom is -0.478 e. The summed E-state index contributed by atoms with van der Waals surface area (Å²) in [5.41, 5.74) is 4.71. The zero-order valence-corrected chi connectivity index (χ0v) is 18.4. The second-order valence-corrected chi connectivity index (χ2v) is 9.99. The maximum atomic E-state index is 11.0. The number of aliphatic carboxylic acids is 1. The minimum absolute atomic E-state index is 0.348. The number of fused-ring (bicyclic) bond motifs is 1. The Morgan fingerprint density at radius 1 is 1.26 bits per heavy atom. The van der Waals surface area contributed by atoms with Crippen molar-refractivity contribution in [2.45, 2.75) is 92.9 Å². The molecule has 2 aliphatic rings. The lowest BCUT2D eigenvalue weighted by Crippen LogP contribution is -2.49. The minimum atomic E-state index is -0.822. The van der Waals surface area contributed by atoms with Crippen LogP contribution in [0.15, 0.2) is 34.9 Å². The van der Waals surface area contributed by atoms with Crippen LogP contribution < -0.4 is 0 Å². The number of allylic oxidation sites excluding steroid dienone is 5. The summed E-state index contributed by atoms with van der Waals surface area (Å²) in [6, 6.07) is 0. The van der Waals surface area contributed by atoms with Gasteiger partial charge in [0.1, 0.15) is 0 Å². The maximum absolute atomic E-state index is 11.0. The molecule has 152 valence electrons. The van der Waals surface area contributed by atoms with E-state index in [2.05, 4.69) is 46.8 Å². The molecule has 0 bridgehead atoms. The monoisotopic (exact) mass is 372 g/mol. The van der Waals surface area contributed by atoms with Crippen LogP contribution in [0, 0.1) is 22.7 Å². The van der Waals surface area contributed by atoms with Crippen LogP contribution in [0.3, 0.4) is 0 Å². The second-order valence-electron chi connectivity index (χ2n) is 9.99. The molecule has 2 nitrogen and oxygen atoms in total. The molecule has 0 saturated heterocycles. The van der Waals surface area contributed by atoms with E-state index in [1.54, 1.807) is 0 Å². The summed E-state index contributed by atoms with van der Waals surface area (Å²) >= 11 is 0. The molecule has 0 spiro atoms. The molecule has 4 unspecified atom stereocenters. The molecular weight excluding hydrogens is 332 g/mol. The van der Waals surface area contributed by atoms with Crippen LogP contribution in [0.4, 0.5) is 0 Å². The van der Waals surface area contributed by atoms with Crippen molar-refractivity contribution in [2.24, 2.45) is 22.7 Å². The Labute approximate surface area is 166 Å². The van der Waals surface area contributed by atoms with Gasteiger partial charge in [0.15, 0.2) is 0 Å². The fourth-order valence-corrected chi connectivity index (χ4v) is 6.16. The van der Waals surface area contributed by atoms with Gasteiger partial charge in [-0.3, -0.25) is 0 Å². The van der Waals surface area contributed by atoms with Gasteiger partial charge in [-0.25, -0.2) is 4.79 Å². The predicted octanol–water partition coefficient (Wildman–Crippen LogP) is 7.32. The summed E-state index contributed by atoms with van der Waals surface area (Å²) in [6.45, 7) is 13.7. The summed E-state index contributed by atoms with van der Waals surface area (Å²) in [7, 11) is 0. The van der Waals surface area contributed by atoms with Crippen LogP contribution in [0.5, 0.6) is 0 Å². The topological polar surface area (TPSA) is 37.3 Å². The lowest BCUT2D eigenvalue weighted by atomic mass is 9.47. The second kappa shape index (κ2) is 8.80. The fraction of sp³-hybridized carbons (Fsp3) is 0.720. The van der Waals surface area contributed by atoms with Crippen LogP contribution >= 0.6 is 0 Å². The van der Waals surface area contributed by atoms with Crippen molar-refractivity contribution in [3.63, 3.8) is 0 Å². The number of rotatable bonds is 7. The smallest absolute Gasteiger partial charge is 0.328 e. The number of hydrogen-bond donors (Lipinski definition) is 1. The van der Waals surface area contributed by atoms with E-state index in [9.17, 15) is 4.79 Å². The van der Waals surface area contributed by atoms with Crippen molar-refractivity contribution in [1.29, 1.82) is 0 Å². The van der Waals surface area contributed by atoms with Gasteiger partial charge in [-0.15, -0.1) is 0 Å². The Balaban J connectivity index is 2.20.